The van der Waals surface area contributed by atoms with Gasteiger partial charge in [0.05, 0.1) is 26.1 Å². The van der Waals surface area contributed by atoms with Gasteiger partial charge in [-0.25, -0.2) is 19.5 Å². The summed E-state index contributed by atoms with van der Waals surface area (Å²) in [6, 6.07) is 0. The van der Waals surface area contributed by atoms with E-state index in [1.807, 2.05) is 0 Å². The summed E-state index contributed by atoms with van der Waals surface area (Å²) in [5.74, 6) is 0.175. The zero-order valence-corrected chi connectivity index (χ0v) is 13.6. The second kappa shape index (κ2) is 7.94. The van der Waals surface area contributed by atoms with Gasteiger partial charge in [-0.05, 0) is 0 Å². The van der Waals surface area contributed by atoms with Crippen molar-refractivity contribution in [1.29, 1.82) is 0 Å². The monoisotopic (exact) mass is 363 g/mol. The molecule has 12 nitrogen and oxygen atoms in total. The third-order valence-electron chi connectivity index (χ3n) is 2.98. The van der Waals surface area contributed by atoms with Gasteiger partial charge in [0, 0.05) is 7.11 Å². The van der Waals surface area contributed by atoms with E-state index in [4.69, 9.17) is 25.0 Å². The number of anilines is 1. The minimum absolute atomic E-state index is 0.0136. The molecule has 134 valence electrons. The van der Waals surface area contributed by atoms with Crippen LogP contribution in [0.1, 0.15) is 6.23 Å². The number of aromatic nitrogens is 4. The fourth-order valence-electron chi connectivity index (χ4n) is 1.99. The first-order valence-corrected chi connectivity index (χ1v) is 8.27. The highest BCUT2D eigenvalue weighted by Gasteiger charge is 2.24. The van der Waals surface area contributed by atoms with Crippen LogP contribution in [0.5, 0.6) is 0 Å². The van der Waals surface area contributed by atoms with Crippen LogP contribution in [0.2, 0.25) is 0 Å². The molecule has 0 saturated heterocycles. The molecule has 24 heavy (non-hydrogen) atoms. The summed E-state index contributed by atoms with van der Waals surface area (Å²) >= 11 is 0. The number of methoxy groups -OCH3 is 1. The Morgan fingerprint density at radius 1 is 1.33 bits per heavy atom. The molecule has 0 aliphatic carbocycles. The van der Waals surface area contributed by atoms with E-state index >= 15 is 0 Å². The molecule has 0 fully saturated rings. The van der Waals surface area contributed by atoms with E-state index < -0.39 is 33.4 Å². The lowest BCUT2D eigenvalue weighted by atomic mass is 10.4. The number of fused-ring (bicyclic) bond motifs is 1. The molecule has 0 radical (unpaired) electrons. The molecule has 2 rings (SSSR count). The molecule has 5 N–H and O–H groups in total. The smallest absolute Gasteiger partial charge is 0.392 e. The molecule has 0 spiro atoms. The highest BCUT2D eigenvalue weighted by molar-refractivity contribution is 7.46. The summed E-state index contributed by atoms with van der Waals surface area (Å²) in [5.41, 5.74) is 6.38. The molecule has 0 amide bonds. The summed E-state index contributed by atoms with van der Waals surface area (Å²) < 4.78 is 27.2. The van der Waals surface area contributed by atoms with Gasteiger partial charge in [-0.3, -0.25) is 9.09 Å². The maximum absolute atomic E-state index is 10.8. The Bertz CT molecular complexity index is 720. The number of phosphoric ester groups is 1. The third kappa shape index (κ3) is 4.68. The topological polar surface area (TPSA) is 175 Å². The number of nitrogens with two attached hydrogens (primary N) is 1. The Kier molecular flexibility index (Phi) is 6.18. The minimum atomic E-state index is -4.66. The van der Waals surface area contributed by atoms with Crippen LogP contribution >= 0.6 is 7.82 Å². The number of rotatable bonds is 9. The van der Waals surface area contributed by atoms with Crippen LogP contribution in [0.25, 0.3) is 11.2 Å². The maximum Gasteiger partial charge on any atom is 0.469 e. The van der Waals surface area contributed by atoms with Crippen LogP contribution in [0.4, 0.5) is 5.82 Å². The summed E-state index contributed by atoms with van der Waals surface area (Å²) in [6.07, 6.45) is 0.819. The van der Waals surface area contributed by atoms with Gasteiger partial charge in [0.25, 0.3) is 0 Å². The van der Waals surface area contributed by atoms with Crippen molar-refractivity contribution in [1.82, 2.24) is 19.5 Å². The van der Waals surface area contributed by atoms with E-state index in [0.717, 1.165) is 0 Å². The van der Waals surface area contributed by atoms with Gasteiger partial charge in [0.15, 0.2) is 17.7 Å². The lowest BCUT2D eigenvalue weighted by molar-refractivity contribution is -0.114. The van der Waals surface area contributed by atoms with Gasteiger partial charge in [-0.1, -0.05) is 0 Å². The molecule has 0 aromatic carbocycles. The van der Waals surface area contributed by atoms with Crippen LogP contribution in [-0.4, -0.2) is 67.4 Å². The second-order valence-electron chi connectivity index (χ2n) is 4.72. The Morgan fingerprint density at radius 3 is 2.71 bits per heavy atom. The van der Waals surface area contributed by atoms with Crippen molar-refractivity contribution < 1.29 is 33.5 Å². The lowest BCUT2D eigenvalue weighted by Gasteiger charge is -2.24. The molecule has 2 atom stereocenters. The lowest BCUT2D eigenvalue weighted by Crippen LogP contribution is -2.30. The number of nitrogens with zero attached hydrogens (tertiary/aromatic N) is 4. The number of hydrogen-bond donors (Lipinski definition) is 4. The predicted molar refractivity (Wildman–Crippen MR) is 80.6 cm³/mol. The molecule has 2 aromatic rings. The zero-order chi connectivity index (χ0) is 17.7. The second-order valence-corrected chi connectivity index (χ2v) is 5.96. The zero-order valence-electron chi connectivity index (χ0n) is 12.7. The Hall–Kier alpha value is -1.66. The Morgan fingerprint density at radius 2 is 2.08 bits per heavy atom. The minimum Gasteiger partial charge on any atom is -0.392 e. The molecule has 2 aromatic heterocycles. The number of nitrogen functional groups attached to an aromatic ring is 1. The number of ether oxygens (including phenoxy) is 2. The van der Waals surface area contributed by atoms with Gasteiger partial charge in [0.1, 0.15) is 17.9 Å². The molecule has 13 heteroatoms. The SMILES string of the molecule is COCC(COP(=O)(O)O)O[C@@H](CO)n1cnc2c(N)ncnc21. The van der Waals surface area contributed by atoms with Crippen molar-refractivity contribution >= 4 is 24.8 Å². The van der Waals surface area contributed by atoms with Crippen molar-refractivity contribution in [3.63, 3.8) is 0 Å². The number of aliphatic hydroxyl groups is 1. The molecule has 0 aliphatic rings. The van der Waals surface area contributed by atoms with E-state index in [1.54, 1.807) is 0 Å². The molecule has 2 heterocycles. The molecule has 1 unspecified atom stereocenters. The molecule has 0 aliphatic heterocycles. The van der Waals surface area contributed by atoms with Crippen molar-refractivity contribution in [2.24, 2.45) is 0 Å². The quantitative estimate of drug-likeness (QED) is 0.404. The summed E-state index contributed by atoms with van der Waals surface area (Å²) in [7, 11) is -3.26. The Balaban J connectivity index is 2.19. The van der Waals surface area contributed by atoms with E-state index in [9.17, 15) is 9.67 Å². The maximum atomic E-state index is 10.8. The highest BCUT2D eigenvalue weighted by atomic mass is 31.2. The van der Waals surface area contributed by atoms with Crippen LogP contribution in [-0.2, 0) is 18.6 Å². The van der Waals surface area contributed by atoms with Crippen LogP contribution < -0.4 is 5.73 Å². The van der Waals surface area contributed by atoms with Crippen LogP contribution in [0.15, 0.2) is 12.7 Å². The van der Waals surface area contributed by atoms with Crippen LogP contribution in [0, 0.1) is 0 Å². The van der Waals surface area contributed by atoms with E-state index in [0.29, 0.717) is 11.2 Å². The fourth-order valence-corrected chi connectivity index (χ4v) is 2.35. The summed E-state index contributed by atoms with van der Waals surface area (Å²) in [5, 5.41) is 9.59. The first kappa shape index (κ1) is 18.7. The molecular weight excluding hydrogens is 345 g/mol. The van der Waals surface area contributed by atoms with E-state index in [-0.39, 0.29) is 12.4 Å². The Labute approximate surface area is 136 Å². The average Bonchev–Trinajstić information content (AvgIpc) is 2.94. The first-order chi connectivity index (χ1) is 11.4. The number of hydrogen-bond acceptors (Lipinski definition) is 9. The predicted octanol–water partition coefficient (Wildman–Crippen LogP) is -0.960. The van der Waals surface area contributed by atoms with Gasteiger partial charge in [-0.15, -0.1) is 0 Å². The normalized spacial score (nSPS) is 14.8. The van der Waals surface area contributed by atoms with Crippen molar-refractivity contribution in [3.8, 4) is 0 Å². The molecular formula is C11H18N5O7P. The van der Waals surface area contributed by atoms with E-state index in [1.165, 1.54) is 24.3 Å². The van der Waals surface area contributed by atoms with Gasteiger partial charge in [0.2, 0.25) is 0 Å². The molecule has 0 saturated carbocycles. The van der Waals surface area contributed by atoms with Crippen molar-refractivity contribution in [3.05, 3.63) is 12.7 Å². The van der Waals surface area contributed by atoms with Gasteiger partial charge < -0.3 is 30.1 Å². The van der Waals surface area contributed by atoms with E-state index in [2.05, 4.69) is 19.5 Å². The van der Waals surface area contributed by atoms with Crippen molar-refractivity contribution in [2.75, 3.05) is 32.7 Å². The average molecular weight is 363 g/mol. The number of aliphatic hydroxyl groups excluding tert-OH is 1. The van der Waals surface area contributed by atoms with Crippen molar-refractivity contribution in [2.45, 2.75) is 12.3 Å². The summed E-state index contributed by atoms with van der Waals surface area (Å²) in [6.45, 7) is -0.899. The molecule has 0 bridgehead atoms. The number of imidazole rings is 1. The highest BCUT2D eigenvalue weighted by Crippen LogP contribution is 2.36. The fraction of sp³-hybridized carbons (Fsp3) is 0.545. The standard InChI is InChI=1S/C11H18N5O7P/c1-21-3-7(4-22-24(18,19)20)23-8(2-17)16-6-15-9-10(12)13-5-14-11(9)16/h5-8,17H,2-4H2,1H3,(H2,12,13,14)(H2,18,19,20)/t7?,8-/m0/s1. The summed E-state index contributed by atoms with van der Waals surface area (Å²) in [4.78, 5) is 29.5. The third-order valence-corrected chi connectivity index (χ3v) is 3.47. The van der Waals surface area contributed by atoms with Gasteiger partial charge in [-0.2, -0.15) is 0 Å². The van der Waals surface area contributed by atoms with Crippen LogP contribution in [0.3, 0.4) is 0 Å². The largest absolute Gasteiger partial charge is 0.469 e. The van der Waals surface area contributed by atoms with Gasteiger partial charge >= 0.3 is 7.82 Å². The number of phosphoric acid groups is 1. The first-order valence-electron chi connectivity index (χ1n) is 6.74.